The number of halogens is 5. The van der Waals surface area contributed by atoms with Crippen molar-refractivity contribution in [3.63, 3.8) is 0 Å². The number of nitrogens with zero attached hydrogens (tertiary/aromatic N) is 1. The van der Waals surface area contributed by atoms with Gasteiger partial charge >= 0.3 is 5.69 Å². The molecule has 0 heterocycles. The number of nitrogen functional groups attached to an aromatic ring is 1. The van der Waals surface area contributed by atoms with E-state index in [2.05, 4.69) is 15.9 Å². The maximum atomic E-state index is 12.8. The van der Waals surface area contributed by atoms with Crippen molar-refractivity contribution in [3.05, 3.63) is 66.1 Å². The number of rotatable bonds is 3. The summed E-state index contributed by atoms with van der Waals surface area (Å²) in [5, 5.41) is 10.8. The third-order valence-corrected chi connectivity index (χ3v) is 4.42. The van der Waals surface area contributed by atoms with E-state index in [1.807, 2.05) is 6.92 Å². The van der Waals surface area contributed by atoms with E-state index in [0.717, 1.165) is 30.5 Å². The fourth-order valence-electron chi connectivity index (χ4n) is 1.73. The van der Waals surface area contributed by atoms with E-state index >= 15 is 0 Å². The van der Waals surface area contributed by atoms with Gasteiger partial charge in [-0.05, 0) is 40.0 Å². The van der Waals surface area contributed by atoms with Gasteiger partial charge in [0.2, 0.25) is 5.82 Å². The van der Waals surface area contributed by atoms with Gasteiger partial charge in [0.25, 0.3) is 0 Å². The SMILES string of the molecule is CCCc1cc(N)c(F)cc1Cl.O=[N+]([O-])c1cc(Br)c(Cl)cc1F. The lowest BCUT2D eigenvalue weighted by molar-refractivity contribution is -0.387. The van der Waals surface area contributed by atoms with Crippen LogP contribution in [-0.4, -0.2) is 4.92 Å². The normalized spacial score (nSPS) is 10.1. The number of benzene rings is 2. The molecule has 0 atom stereocenters. The molecule has 0 aliphatic rings. The van der Waals surface area contributed by atoms with Crippen molar-refractivity contribution >= 4 is 50.5 Å². The van der Waals surface area contributed by atoms with E-state index in [-0.39, 0.29) is 10.7 Å². The topological polar surface area (TPSA) is 69.2 Å². The third-order valence-electron chi connectivity index (χ3n) is 2.87. The minimum absolute atomic E-state index is 0.109. The van der Waals surface area contributed by atoms with Crippen molar-refractivity contribution in [1.29, 1.82) is 0 Å². The van der Waals surface area contributed by atoms with Crippen molar-refractivity contribution in [1.82, 2.24) is 0 Å². The van der Waals surface area contributed by atoms with Gasteiger partial charge in [0.05, 0.1) is 15.6 Å². The number of nitrogens with two attached hydrogens (primary N) is 1. The Morgan fingerprint density at radius 1 is 1.17 bits per heavy atom. The summed E-state index contributed by atoms with van der Waals surface area (Å²) in [6.45, 7) is 2.04. The molecule has 9 heteroatoms. The molecule has 0 bridgehead atoms. The zero-order valence-electron chi connectivity index (χ0n) is 12.5. The molecular weight excluding hydrogens is 429 g/mol. The first-order valence-electron chi connectivity index (χ1n) is 6.69. The number of hydrogen-bond donors (Lipinski definition) is 1. The van der Waals surface area contributed by atoms with Crippen LogP contribution in [0.4, 0.5) is 20.2 Å². The van der Waals surface area contributed by atoms with E-state index in [9.17, 15) is 18.9 Å². The molecular formula is C15H13BrCl2F2N2O2. The Hall–Kier alpha value is -1.44. The van der Waals surface area contributed by atoms with Crippen LogP contribution in [0.2, 0.25) is 10.0 Å². The quantitative estimate of drug-likeness (QED) is 0.268. The van der Waals surface area contributed by atoms with Gasteiger partial charge in [-0.3, -0.25) is 10.1 Å². The second-order valence-corrected chi connectivity index (χ2v) is 6.36. The van der Waals surface area contributed by atoms with Crippen LogP contribution in [0.25, 0.3) is 0 Å². The number of anilines is 1. The van der Waals surface area contributed by atoms with Crippen LogP contribution in [0.3, 0.4) is 0 Å². The second kappa shape index (κ2) is 9.15. The van der Waals surface area contributed by atoms with E-state index < -0.39 is 22.2 Å². The summed E-state index contributed by atoms with van der Waals surface area (Å²) in [5.74, 6) is -1.38. The molecule has 130 valence electrons. The Morgan fingerprint density at radius 2 is 1.75 bits per heavy atom. The predicted molar refractivity (Wildman–Crippen MR) is 95.6 cm³/mol. The summed E-state index contributed by atoms with van der Waals surface area (Å²) in [7, 11) is 0. The van der Waals surface area contributed by atoms with Crippen molar-refractivity contribution in [2.75, 3.05) is 5.73 Å². The monoisotopic (exact) mass is 440 g/mol. The van der Waals surface area contributed by atoms with Crippen molar-refractivity contribution < 1.29 is 13.7 Å². The minimum atomic E-state index is -0.937. The molecule has 0 amide bonds. The number of hydrogen-bond acceptors (Lipinski definition) is 3. The molecule has 2 rings (SSSR count). The molecule has 4 nitrogen and oxygen atoms in total. The predicted octanol–water partition coefficient (Wildman–Crippen LogP) is 6.16. The van der Waals surface area contributed by atoms with Crippen LogP contribution in [0.1, 0.15) is 18.9 Å². The van der Waals surface area contributed by atoms with Gasteiger partial charge < -0.3 is 5.73 Å². The second-order valence-electron chi connectivity index (χ2n) is 4.69. The highest BCUT2D eigenvalue weighted by Crippen LogP contribution is 2.29. The summed E-state index contributed by atoms with van der Waals surface area (Å²) < 4.78 is 25.8. The first kappa shape index (κ1) is 20.6. The average Bonchev–Trinajstić information content (AvgIpc) is 2.49. The third kappa shape index (κ3) is 5.58. The molecule has 0 saturated carbocycles. The summed E-state index contributed by atoms with van der Waals surface area (Å²) in [6, 6.07) is 4.78. The Balaban J connectivity index is 0.000000240. The Morgan fingerprint density at radius 3 is 2.29 bits per heavy atom. The maximum absolute atomic E-state index is 12.8. The molecule has 0 radical (unpaired) electrons. The number of nitro groups is 1. The number of aryl methyl sites for hydroxylation is 1. The summed E-state index contributed by atoms with van der Waals surface area (Å²) >= 11 is 14.2. The van der Waals surface area contributed by atoms with Crippen molar-refractivity contribution in [3.8, 4) is 0 Å². The zero-order valence-corrected chi connectivity index (χ0v) is 15.6. The summed E-state index contributed by atoms with van der Waals surface area (Å²) in [5.41, 5.74) is 5.88. The molecule has 2 aromatic carbocycles. The average molecular weight is 442 g/mol. The van der Waals surface area contributed by atoms with Crippen LogP contribution >= 0.6 is 39.1 Å². The Bertz CT molecular complexity index is 761. The largest absolute Gasteiger partial charge is 0.396 e. The maximum Gasteiger partial charge on any atom is 0.306 e. The Labute approximate surface area is 155 Å². The van der Waals surface area contributed by atoms with E-state index in [1.165, 1.54) is 6.07 Å². The molecule has 0 unspecified atom stereocenters. The van der Waals surface area contributed by atoms with Gasteiger partial charge in [0.1, 0.15) is 5.82 Å². The molecule has 0 aliphatic heterocycles. The lowest BCUT2D eigenvalue weighted by Gasteiger charge is -2.04. The smallest absolute Gasteiger partial charge is 0.306 e. The highest BCUT2D eigenvalue weighted by atomic mass is 79.9. The van der Waals surface area contributed by atoms with E-state index in [0.29, 0.717) is 9.50 Å². The summed E-state index contributed by atoms with van der Waals surface area (Å²) in [6.07, 6.45) is 1.81. The molecule has 0 fully saturated rings. The molecule has 0 spiro atoms. The highest BCUT2D eigenvalue weighted by Gasteiger charge is 2.16. The first-order chi connectivity index (χ1) is 11.2. The molecule has 0 saturated heterocycles. The fourth-order valence-corrected chi connectivity index (χ4v) is 2.45. The van der Waals surface area contributed by atoms with Crippen LogP contribution in [-0.2, 0) is 6.42 Å². The lowest BCUT2D eigenvalue weighted by Crippen LogP contribution is -1.94. The molecule has 0 aromatic heterocycles. The fraction of sp³-hybridized carbons (Fsp3) is 0.200. The minimum Gasteiger partial charge on any atom is -0.396 e. The van der Waals surface area contributed by atoms with Crippen LogP contribution in [0.5, 0.6) is 0 Å². The van der Waals surface area contributed by atoms with E-state index in [1.54, 1.807) is 6.07 Å². The first-order valence-corrected chi connectivity index (χ1v) is 8.24. The van der Waals surface area contributed by atoms with Gasteiger partial charge in [-0.15, -0.1) is 0 Å². The Kier molecular flexibility index (Phi) is 7.86. The van der Waals surface area contributed by atoms with Crippen molar-refractivity contribution in [2.24, 2.45) is 0 Å². The molecule has 24 heavy (non-hydrogen) atoms. The highest BCUT2D eigenvalue weighted by molar-refractivity contribution is 9.10. The zero-order chi connectivity index (χ0) is 18.4. The van der Waals surface area contributed by atoms with Crippen LogP contribution in [0.15, 0.2) is 28.7 Å². The van der Waals surface area contributed by atoms with Crippen molar-refractivity contribution in [2.45, 2.75) is 19.8 Å². The van der Waals surface area contributed by atoms with E-state index in [4.69, 9.17) is 28.9 Å². The molecule has 0 aliphatic carbocycles. The molecule has 2 N–H and O–H groups in total. The van der Waals surface area contributed by atoms with Gasteiger partial charge in [-0.1, -0.05) is 36.5 Å². The molecule has 2 aromatic rings. The standard InChI is InChI=1S/C9H11ClFN.C6H2BrClFNO2/c1-2-3-6-4-9(12)8(11)5-7(6)10;7-3-1-6(10(11)12)5(9)2-4(3)8/h4-5H,2-3,12H2,1H3;1-2H. The van der Waals surface area contributed by atoms with Crippen LogP contribution in [0, 0.1) is 21.7 Å². The van der Waals surface area contributed by atoms with Gasteiger partial charge in [-0.25, -0.2) is 4.39 Å². The van der Waals surface area contributed by atoms with Gasteiger partial charge in [0, 0.05) is 21.6 Å². The van der Waals surface area contributed by atoms with Gasteiger partial charge in [-0.2, -0.15) is 4.39 Å². The summed E-state index contributed by atoms with van der Waals surface area (Å²) in [4.78, 5) is 9.38. The lowest BCUT2D eigenvalue weighted by atomic mass is 10.1. The van der Waals surface area contributed by atoms with Crippen LogP contribution < -0.4 is 5.73 Å². The number of nitro benzene ring substituents is 1. The van der Waals surface area contributed by atoms with Gasteiger partial charge in [0.15, 0.2) is 0 Å².